The number of hydrogen-bond acceptors (Lipinski definition) is 5. The largest absolute Gasteiger partial charge is 0.314 e. The third kappa shape index (κ3) is 3.05. The summed E-state index contributed by atoms with van der Waals surface area (Å²) in [7, 11) is 0. The van der Waals surface area contributed by atoms with Crippen molar-refractivity contribution in [2.45, 2.75) is 25.9 Å². The van der Waals surface area contributed by atoms with Crippen molar-refractivity contribution in [2.75, 3.05) is 19.6 Å². The van der Waals surface area contributed by atoms with E-state index in [2.05, 4.69) is 39.3 Å². The molecule has 0 unspecified atom stereocenters. The van der Waals surface area contributed by atoms with Crippen molar-refractivity contribution in [1.29, 1.82) is 0 Å². The Morgan fingerprint density at radius 3 is 2.95 bits per heavy atom. The lowest BCUT2D eigenvalue weighted by Crippen LogP contribution is -2.57. The van der Waals surface area contributed by atoms with Crippen LogP contribution >= 0.6 is 22.7 Å². The van der Waals surface area contributed by atoms with E-state index in [0.717, 1.165) is 31.2 Å². The topological polar surface area (TPSA) is 28.2 Å². The van der Waals surface area contributed by atoms with E-state index >= 15 is 0 Å². The lowest BCUT2D eigenvalue weighted by atomic mass is 10.1. The van der Waals surface area contributed by atoms with Gasteiger partial charge in [-0.25, -0.2) is 4.98 Å². The third-order valence-corrected chi connectivity index (χ3v) is 5.10. The number of aromatic nitrogens is 1. The van der Waals surface area contributed by atoms with Crippen LogP contribution < -0.4 is 5.32 Å². The molecule has 0 spiro atoms. The molecule has 3 rings (SSSR count). The molecular formula is C14H19N3S2. The van der Waals surface area contributed by atoms with Crippen molar-refractivity contribution in [3.63, 3.8) is 0 Å². The van der Waals surface area contributed by atoms with Crippen molar-refractivity contribution in [3.8, 4) is 10.6 Å². The third-order valence-electron chi connectivity index (χ3n) is 3.47. The number of hydrogen-bond donors (Lipinski definition) is 1. The maximum Gasteiger partial charge on any atom is 0.124 e. The molecule has 5 heteroatoms. The number of nitrogens with one attached hydrogen (secondary N) is 1. The van der Waals surface area contributed by atoms with Gasteiger partial charge in [0.25, 0.3) is 0 Å². The predicted octanol–water partition coefficient (Wildman–Crippen LogP) is 3.06. The Morgan fingerprint density at radius 2 is 2.32 bits per heavy atom. The summed E-state index contributed by atoms with van der Waals surface area (Å²) in [4.78, 5) is 7.34. The molecule has 3 nitrogen and oxygen atoms in total. The number of nitrogens with zero attached hydrogens (tertiary/aromatic N) is 2. The normalized spacial score (nSPS) is 15.9. The zero-order chi connectivity index (χ0) is 13.1. The van der Waals surface area contributed by atoms with E-state index < -0.39 is 0 Å². The maximum atomic E-state index is 4.78. The molecule has 0 aromatic carbocycles. The van der Waals surface area contributed by atoms with E-state index in [0.29, 0.717) is 6.04 Å². The molecule has 1 N–H and O–H groups in total. The molecule has 2 aromatic heterocycles. The fourth-order valence-corrected chi connectivity index (χ4v) is 3.84. The Morgan fingerprint density at radius 1 is 1.42 bits per heavy atom. The van der Waals surface area contributed by atoms with Crippen LogP contribution in [-0.2, 0) is 6.54 Å². The lowest BCUT2D eigenvalue weighted by molar-refractivity contribution is 0.136. The minimum atomic E-state index is 0.700. The fraction of sp³-hybridized carbons (Fsp3) is 0.500. The predicted molar refractivity (Wildman–Crippen MR) is 82.8 cm³/mol. The molecule has 0 atom stereocenters. The Balaban J connectivity index is 1.68. The van der Waals surface area contributed by atoms with Gasteiger partial charge in [-0.05, 0) is 24.4 Å². The zero-order valence-corrected chi connectivity index (χ0v) is 12.8. The van der Waals surface area contributed by atoms with Crippen LogP contribution in [-0.4, -0.2) is 35.6 Å². The standard InChI is InChI=1S/C14H19N3S2/c1-2-4-17(13-6-15-7-13)8-12-10-19-14(16-12)11-3-5-18-9-11/h3,5,9-10,13,15H,2,4,6-8H2,1H3. The van der Waals surface area contributed by atoms with E-state index in [1.807, 2.05) is 0 Å². The van der Waals surface area contributed by atoms with Gasteiger partial charge in [-0.3, -0.25) is 4.90 Å². The van der Waals surface area contributed by atoms with E-state index in [9.17, 15) is 0 Å². The molecule has 0 saturated carbocycles. The first kappa shape index (κ1) is 13.2. The first-order chi connectivity index (χ1) is 9.36. The van der Waals surface area contributed by atoms with Crippen LogP contribution in [0.1, 0.15) is 19.0 Å². The van der Waals surface area contributed by atoms with Crippen molar-refractivity contribution >= 4 is 22.7 Å². The maximum absolute atomic E-state index is 4.78. The van der Waals surface area contributed by atoms with E-state index in [1.165, 1.54) is 17.7 Å². The Bertz CT molecular complexity index is 503. The van der Waals surface area contributed by atoms with Crippen LogP contribution in [0.2, 0.25) is 0 Å². The second-order valence-corrected chi connectivity index (χ2v) is 6.58. The van der Waals surface area contributed by atoms with Gasteiger partial charge >= 0.3 is 0 Å². The van der Waals surface area contributed by atoms with Crippen LogP contribution in [0.5, 0.6) is 0 Å². The van der Waals surface area contributed by atoms with Gasteiger partial charge < -0.3 is 5.32 Å². The summed E-state index contributed by atoms with van der Waals surface area (Å²) < 4.78 is 0. The van der Waals surface area contributed by atoms with Gasteiger partial charge in [0.2, 0.25) is 0 Å². The molecule has 3 heterocycles. The van der Waals surface area contributed by atoms with Gasteiger partial charge in [0, 0.05) is 42.0 Å². The summed E-state index contributed by atoms with van der Waals surface area (Å²) in [6.45, 7) is 6.65. The van der Waals surface area contributed by atoms with Crippen LogP contribution in [0.4, 0.5) is 0 Å². The highest BCUT2D eigenvalue weighted by Crippen LogP contribution is 2.26. The Hall–Kier alpha value is -0.750. The van der Waals surface area contributed by atoms with Crippen molar-refractivity contribution in [3.05, 3.63) is 27.9 Å². The molecule has 2 aromatic rings. The van der Waals surface area contributed by atoms with Crippen molar-refractivity contribution in [1.82, 2.24) is 15.2 Å². The highest BCUT2D eigenvalue weighted by molar-refractivity contribution is 7.14. The van der Waals surface area contributed by atoms with Crippen LogP contribution in [0, 0.1) is 0 Å². The highest BCUT2D eigenvalue weighted by atomic mass is 32.1. The number of rotatable bonds is 6. The first-order valence-corrected chi connectivity index (χ1v) is 8.61. The van der Waals surface area contributed by atoms with Gasteiger partial charge in [0.05, 0.1) is 5.69 Å². The summed E-state index contributed by atoms with van der Waals surface area (Å²) in [6, 6.07) is 2.85. The van der Waals surface area contributed by atoms with Gasteiger partial charge in [0.15, 0.2) is 0 Å². The molecular weight excluding hydrogens is 274 g/mol. The van der Waals surface area contributed by atoms with E-state index in [1.54, 1.807) is 22.7 Å². The second kappa shape index (κ2) is 6.13. The summed E-state index contributed by atoms with van der Waals surface area (Å²) in [6.07, 6.45) is 1.21. The molecule has 0 amide bonds. The number of thiazole rings is 1. The molecule has 0 aliphatic carbocycles. The molecule has 1 aliphatic rings. The average Bonchev–Trinajstić information content (AvgIpc) is 2.95. The van der Waals surface area contributed by atoms with Gasteiger partial charge in [0.1, 0.15) is 5.01 Å². The zero-order valence-electron chi connectivity index (χ0n) is 11.1. The summed E-state index contributed by atoms with van der Waals surface area (Å²) in [5.41, 5.74) is 2.47. The molecule has 1 saturated heterocycles. The molecule has 0 radical (unpaired) electrons. The van der Waals surface area contributed by atoms with Crippen molar-refractivity contribution in [2.24, 2.45) is 0 Å². The van der Waals surface area contributed by atoms with Crippen LogP contribution in [0.3, 0.4) is 0 Å². The van der Waals surface area contributed by atoms with E-state index in [4.69, 9.17) is 4.98 Å². The minimum absolute atomic E-state index is 0.700. The lowest BCUT2D eigenvalue weighted by Gasteiger charge is -2.37. The van der Waals surface area contributed by atoms with Gasteiger partial charge in [-0.1, -0.05) is 6.92 Å². The minimum Gasteiger partial charge on any atom is -0.314 e. The second-order valence-electron chi connectivity index (χ2n) is 4.94. The van der Waals surface area contributed by atoms with E-state index in [-0.39, 0.29) is 0 Å². The summed E-state index contributed by atoms with van der Waals surface area (Å²) in [5, 5.41) is 11.0. The fourth-order valence-electron chi connectivity index (χ4n) is 2.32. The molecule has 19 heavy (non-hydrogen) atoms. The Kier molecular flexibility index (Phi) is 4.28. The van der Waals surface area contributed by atoms with Crippen LogP contribution in [0.25, 0.3) is 10.6 Å². The highest BCUT2D eigenvalue weighted by Gasteiger charge is 2.24. The smallest absolute Gasteiger partial charge is 0.124 e. The Labute approximate surface area is 122 Å². The molecule has 102 valence electrons. The quantitative estimate of drug-likeness (QED) is 0.887. The molecule has 1 aliphatic heterocycles. The van der Waals surface area contributed by atoms with Gasteiger partial charge in [-0.2, -0.15) is 11.3 Å². The molecule has 0 bridgehead atoms. The number of thiophene rings is 1. The average molecular weight is 293 g/mol. The summed E-state index contributed by atoms with van der Waals surface area (Å²) >= 11 is 3.49. The van der Waals surface area contributed by atoms with Gasteiger partial charge in [-0.15, -0.1) is 11.3 Å². The first-order valence-electron chi connectivity index (χ1n) is 6.78. The van der Waals surface area contributed by atoms with Crippen molar-refractivity contribution < 1.29 is 0 Å². The SMILES string of the molecule is CCCN(Cc1csc(-c2ccsc2)n1)C1CNC1. The molecule has 1 fully saturated rings. The van der Waals surface area contributed by atoms with Crippen LogP contribution in [0.15, 0.2) is 22.2 Å². The summed E-state index contributed by atoms with van der Waals surface area (Å²) in [5.74, 6) is 0. The monoisotopic (exact) mass is 293 g/mol.